The van der Waals surface area contributed by atoms with Gasteiger partial charge in [-0.25, -0.2) is 4.79 Å². The summed E-state index contributed by atoms with van der Waals surface area (Å²) in [6, 6.07) is 11.4. The summed E-state index contributed by atoms with van der Waals surface area (Å²) in [5.41, 5.74) is 7.23. The van der Waals surface area contributed by atoms with Crippen molar-refractivity contribution in [1.82, 2.24) is 0 Å². The standard InChI is InChI=1S/C18H18N2O4.ClH/c1-23-11-12-2-3-13(16(21)10-12)6-9-17(22)24-15-7-4-14(5-8-15)18(19)20;/h2-10,21H,11H2,1H3,(H3,19,20);1H/b9-6+;. The normalized spacial score (nSPS) is 10.3. The van der Waals surface area contributed by atoms with Gasteiger partial charge in [0, 0.05) is 24.3 Å². The summed E-state index contributed by atoms with van der Waals surface area (Å²) in [7, 11) is 1.57. The molecule has 25 heavy (non-hydrogen) atoms. The van der Waals surface area contributed by atoms with Crippen LogP contribution < -0.4 is 10.5 Å². The zero-order valence-electron chi connectivity index (χ0n) is 13.6. The van der Waals surface area contributed by atoms with Crippen LogP contribution in [0.1, 0.15) is 16.7 Å². The van der Waals surface area contributed by atoms with E-state index in [1.54, 1.807) is 49.6 Å². The minimum atomic E-state index is -0.578. The number of rotatable bonds is 6. The molecule has 0 atom stereocenters. The van der Waals surface area contributed by atoms with Crippen molar-refractivity contribution in [3.63, 3.8) is 0 Å². The van der Waals surface area contributed by atoms with E-state index in [2.05, 4.69) is 0 Å². The van der Waals surface area contributed by atoms with Crippen LogP contribution in [0.4, 0.5) is 0 Å². The van der Waals surface area contributed by atoms with Gasteiger partial charge in [-0.3, -0.25) is 5.41 Å². The van der Waals surface area contributed by atoms with Gasteiger partial charge in [0.25, 0.3) is 0 Å². The minimum Gasteiger partial charge on any atom is -0.507 e. The second kappa shape index (κ2) is 9.46. The van der Waals surface area contributed by atoms with Crippen LogP contribution in [0.15, 0.2) is 48.5 Å². The molecule has 4 N–H and O–H groups in total. The molecule has 0 amide bonds. The molecule has 0 saturated carbocycles. The van der Waals surface area contributed by atoms with Gasteiger partial charge in [-0.2, -0.15) is 0 Å². The van der Waals surface area contributed by atoms with Gasteiger partial charge in [-0.15, -0.1) is 12.4 Å². The lowest BCUT2D eigenvalue weighted by Crippen LogP contribution is -2.11. The molecule has 6 nitrogen and oxygen atoms in total. The fourth-order valence-corrected chi connectivity index (χ4v) is 2.00. The predicted octanol–water partition coefficient (Wildman–Crippen LogP) is 2.86. The molecule has 0 bridgehead atoms. The third-order valence-electron chi connectivity index (χ3n) is 3.19. The largest absolute Gasteiger partial charge is 0.507 e. The van der Waals surface area contributed by atoms with E-state index in [0.717, 1.165) is 5.56 Å². The molecular weight excluding hydrogens is 344 g/mol. The molecule has 0 aliphatic carbocycles. The van der Waals surface area contributed by atoms with Crippen molar-refractivity contribution in [1.29, 1.82) is 5.41 Å². The first-order chi connectivity index (χ1) is 11.5. The fraction of sp³-hybridized carbons (Fsp3) is 0.111. The molecular formula is C18H19ClN2O4. The number of hydrogen-bond donors (Lipinski definition) is 3. The highest BCUT2D eigenvalue weighted by Gasteiger charge is 2.04. The summed E-state index contributed by atoms with van der Waals surface area (Å²) in [6.07, 6.45) is 2.70. The molecule has 0 unspecified atom stereocenters. The number of phenolic OH excluding ortho intramolecular Hbond substituents is 1. The minimum absolute atomic E-state index is 0. The maximum atomic E-state index is 11.8. The number of carbonyl (C=O) groups is 1. The van der Waals surface area contributed by atoms with E-state index < -0.39 is 5.97 Å². The van der Waals surface area contributed by atoms with Crippen LogP contribution in [0.2, 0.25) is 0 Å². The molecule has 7 heteroatoms. The van der Waals surface area contributed by atoms with E-state index in [1.807, 2.05) is 0 Å². The highest BCUT2D eigenvalue weighted by Crippen LogP contribution is 2.21. The Balaban J connectivity index is 0.00000312. The van der Waals surface area contributed by atoms with E-state index in [-0.39, 0.29) is 24.0 Å². The number of nitrogens with one attached hydrogen (secondary N) is 1. The van der Waals surface area contributed by atoms with Crippen molar-refractivity contribution in [3.05, 3.63) is 65.2 Å². The molecule has 2 aromatic rings. The van der Waals surface area contributed by atoms with Crippen LogP contribution in [-0.4, -0.2) is 24.0 Å². The maximum Gasteiger partial charge on any atom is 0.336 e. The Morgan fingerprint density at radius 2 is 1.92 bits per heavy atom. The number of nitrogens with two attached hydrogens (primary N) is 1. The highest BCUT2D eigenvalue weighted by atomic mass is 35.5. The van der Waals surface area contributed by atoms with Crippen LogP contribution in [0, 0.1) is 5.41 Å². The number of aromatic hydroxyl groups is 1. The Kier molecular flexibility index (Phi) is 7.65. The molecule has 0 fully saturated rings. The number of amidine groups is 1. The van der Waals surface area contributed by atoms with Gasteiger partial charge in [0.2, 0.25) is 0 Å². The van der Waals surface area contributed by atoms with Gasteiger partial charge in [0.1, 0.15) is 17.3 Å². The second-order valence-corrected chi connectivity index (χ2v) is 5.02. The van der Waals surface area contributed by atoms with Crippen molar-refractivity contribution in [2.75, 3.05) is 7.11 Å². The molecule has 0 saturated heterocycles. The number of benzene rings is 2. The fourth-order valence-electron chi connectivity index (χ4n) is 2.00. The van der Waals surface area contributed by atoms with Gasteiger partial charge < -0.3 is 20.3 Å². The highest BCUT2D eigenvalue weighted by molar-refractivity contribution is 5.95. The van der Waals surface area contributed by atoms with Crippen molar-refractivity contribution < 1.29 is 19.4 Å². The van der Waals surface area contributed by atoms with Gasteiger partial charge >= 0.3 is 5.97 Å². The van der Waals surface area contributed by atoms with Crippen LogP contribution in [0.5, 0.6) is 11.5 Å². The Hall–Kier alpha value is -2.83. The first-order valence-electron chi connectivity index (χ1n) is 7.15. The first kappa shape index (κ1) is 20.2. The topological polar surface area (TPSA) is 106 Å². The van der Waals surface area contributed by atoms with Crippen molar-refractivity contribution >= 4 is 30.3 Å². The van der Waals surface area contributed by atoms with Crippen molar-refractivity contribution in [2.24, 2.45) is 5.73 Å². The van der Waals surface area contributed by atoms with Crippen LogP contribution >= 0.6 is 12.4 Å². The number of ether oxygens (including phenoxy) is 2. The number of phenols is 1. The third-order valence-corrected chi connectivity index (χ3v) is 3.19. The number of hydrogen-bond acceptors (Lipinski definition) is 5. The Morgan fingerprint density at radius 1 is 1.24 bits per heavy atom. The smallest absolute Gasteiger partial charge is 0.336 e. The number of carbonyl (C=O) groups excluding carboxylic acids is 1. The zero-order chi connectivity index (χ0) is 17.5. The molecule has 0 aromatic heterocycles. The average Bonchev–Trinajstić information content (AvgIpc) is 2.55. The van der Waals surface area contributed by atoms with Crippen molar-refractivity contribution in [3.8, 4) is 11.5 Å². The van der Waals surface area contributed by atoms with Crippen LogP contribution in [-0.2, 0) is 16.1 Å². The SMILES string of the molecule is COCc1ccc(/C=C/C(=O)Oc2ccc(C(=N)N)cc2)c(O)c1.Cl. The molecule has 0 aliphatic heterocycles. The quantitative estimate of drug-likeness (QED) is 0.241. The van der Waals surface area contributed by atoms with E-state index in [0.29, 0.717) is 23.5 Å². The summed E-state index contributed by atoms with van der Waals surface area (Å²) in [4.78, 5) is 11.8. The number of halogens is 1. The zero-order valence-corrected chi connectivity index (χ0v) is 14.4. The Bertz CT molecular complexity index is 773. The van der Waals surface area contributed by atoms with E-state index in [4.69, 9.17) is 20.6 Å². The molecule has 0 radical (unpaired) electrons. The average molecular weight is 363 g/mol. The molecule has 0 aliphatic rings. The van der Waals surface area contributed by atoms with Crippen LogP contribution in [0.3, 0.4) is 0 Å². The number of methoxy groups -OCH3 is 1. The van der Waals surface area contributed by atoms with Gasteiger partial charge in [-0.1, -0.05) is 12.1 Å². The molecule has 132 valence electrons. The van der Waals surface area contributed by atoms with Gasteiger partial charge in [-0.05, 0) is 42.0 Å². The Labute approximate surface area is 151 Å². The summed E-state index contributed by atoms with van der Waals surface area (Å²) < 4.78 is 10.1. The summed E-state index contributed by atoms with van der Waals surface area (Å²) in [6.45, 7) is 0.399. The lowest BCUT2D eigenvalue weighted by atomic mass is 10.1. The van der Waals surface area contributed by atoms with E-state index in [9.17, 15) is 9.90 Å². The Morgan fingerprint density at radius 3 is 2.48 bits per heavy atom. The van der Waals surface area contributed by atoms with E-state index in [1.165, 1.54) is 12.2 Å². The molecule has 2 rings (SSSR count). The third kappa shape index (κ3) is 5.95. The summed E-state index contributed by atoms with van der Waals surface area (Å²) >= 11 is 0. The lowest BCUT2D eigenvalue weighted by Gasteiger charge is -2.04. The van der Waals surface area contributed by atoms with Crippen molar-refractivity contribution in [2.45, 2.75) is 6.61 Å². The lowest BCUT2D eigenvalue weighted by molar-refractivity contribution is -0.128. The number of esters is 1. The molecule has 0 heterocycles. The molecule has 2 aromatic carbocycles. The van der Waals surface area contributed by atoms with Gasteiger partial charge in [0.15, 0.2) is 0 Å². The second-order valence-electron chi connectivity index (χ2n) is 5.02. The monoisotopic (exact) mass is 362 g/mol. The first-order valence-corrected chi connectivity index (χ1v) is 7.15. The molecule has 0 spiro atoms. The summed E-state index contributed by atoms with van der Waals surface area (Å²) in [5.74, 6) is -0.236. The van der Waals surface area contributed by atoms with E-state index >= 15 is 0 Å². The number of nitrogen functional groups attached to an aromatic ring is 1. The summed E-state index contributed by atoms with van der Waals surface area (Å²) in [5, 5.41) is 17.2. The predicted molar refractivity (Wildman–Crippen MR) is 98.2 cm³/mol. The van der Waals surface area contributed by atoms with Gasteiger partial charge in [0.05, 0.1) is 6.61 Å². The maximum absolute atomic E-state index is 11.8. The van der Waals surface area contributed by atoms with Crippen LogP contribution in [0.25, 0.3) is 6.08 Å².